The third-order valence-corrected chi connectivity index (χ3v) is 4.14. The van der Waals surface area contributed by atoms with E-state index in [4.69, 9.17) is 0 Å². The van der Waals surface area contributed by atoms with Crippen molar-refractivity contribution in [3.05, 3.63) is 65.5 Å². The van der Waals surface area contributed by atoms with Crippen LogP contribution in [0.3, 0.4) is 0 Å². The van der Waals surface area contributed by atoms with Crippen molar-refractivity contribution >= 4 is 17.6 Å². The predicted octanol–water partition coefficient (Wildman–Crippen LogP) is 2.37. The monoisotopic (exact) mass is 295 g/mol. The van der Waals surface area contributed by atoms with E-state index in [1.807, 2.05) is 23.1 Å². The number of guanidine groups is 1. The summed E-state index contributed by atoms with van der Waals surface area (Å²) < 4.78 is 13.8. The van der Waals surface area contributed by atoms with Crippen LogP contribution >= 0.6 is 0 Å². The van der Waals surface area contributed by atoms with Crippen molar-refractivity contribution in [3.8, 4) is 0 Å². The maximum absolute atomic E-state index is 13.8. The van der Waals surface area contributed by atoms with E-state index in [2.05, 4.69) is 16.4 Å². The topological polar surface area (TPSA) is 44.7 Å². The zero-order valence-corrected chi connectivity index (χ0v) is 11.8. The number of halogens is 1. The van der Waals surface area contributed by atoms with E-state index in [1.54, 1.807) is 18.2 Å². The van der Waals surface area contributed by atoms with Gasteiger partial charge in [-0.1, -0.05) is 36.4 Å². The smallest absolute Gasteiger partial charge is 0.249 e. The van der Waals surface area contributed by atoms with Crippen molar-refractivity contribution in [2.45, 2.75) is 19.0 Å². The van der Waals surface area contributed by atoms with E-state index in [9.17, 15) is 9.18 Å². The Morgan fingerprint density at radius 1 is 1.09 bits per heavy atom. The summed E-state index contributed by atoms with van der Waals surface area (Å²) in [5.41, 5.74) is 2.60. The van der Waals surface area contributed by atoms with Crippen molar-refractivity contribution in [2.24, 2.45) is 4.99 Å². The standard InChI is InChI=1S/C17H14FN3O/c18-13-7-3-4-8-14(13)19-17-20-16(22)15-9-11-5-1-2-6-12(11)10-21(15)17/h1-8,15H,9-10H2,(H,19,20,22)/t15-/m1/s1. The van der Waals surface area contributed by atoms with Crippen LogP contribution in [-0.2, 0) is 17.8 Å². The van der Waals surface area contributed by atoms with Crippen LogP contribution in [0.5, 0.6) is 0 Å². The number of fused-ring (bicyclic) bond motifs is 2. The minimum absolute atomic E-state index is 0.0791. The molecule has 2 aromatic rings. The third kappa shape index (κ3) is 2.06. The van der Waals surface area contributed by atoms with E-state index in [0.717, 1.165) is 0 Å². The lowest BCUT2D eigenvalue weighted by Gasteiger charge is -2.30. The van der Waals surface area contributed by atoms with Crippen molar-refractivity contribution in [1.82, 2.24) is 10.2 Å². The van der Waals surface area contributed by atoms with Crippen molar-refractivity contribution in [3.63, 3.8) is 0 Å². The van der Waals surface area contributed by atoms with Crippen LogP contribution in [0, 0.1) is 5.82 Å². The molecule has 0 aromatic heterocycles. The fourth-order valence-electron chi connectivity index (χ4n) is 2.99. The molecule has 0 aliphatic carbocycles. The number of nitrogens with zero attached hydrogens (tertiary/aromatic N) is 2. The summed E-state index contributed by atoms with van der Waals surface area (Å²) in [5.74, 6) is -0.0516. The molecule has 1 saturated heterocycles. The minimum Gasteiger partial charge on any atom is -0.326 e. The fourth-order valence-corrected chi connectivity index (χ4v) is 2.99. The molecule has 0 bridgehead atoms. The summed E-state index contributed by atoms with van der Waals surface area (Å²) in [7, 11) is 0. The molecular formula is C17H14FN3O. The molecule has 0 radical (unpaired) electrons. The number of nitrogens with one attached hydrogen (secondary N) is 1. The second kappa shape index (κ2) is 4.94. The largest absolute Gasteiger partial charge is 0.326 e. The number of carbonyl (C=O) groups excluding carboxylic acids is 1. The molecule has 2 heterocycles. The number of rotatable bonds is 1. The lowest BCUT2D eigenvalue weighted by Crippen LogP contribution is -2.40. The summed E-state index contributed by atoms with van der Waals surface area (Å²) in [4.78, 5) is 18.4. The van der Waals surface area contributed by atoms with Gasteiger partial charge in [-0.15, -0.1) is 0 Å². The first-order valence-electron chi connectivity index (χ1n) is 7.20. The van der Waals surface area contributed by atoms with E-state index < -0.39 is 5.82 Å². The van der Waals surface area contributed by atoms with Crippen molar-refractivity contribution in [2.75, 3.05) is 0 Å². The first kappa shape index (κ1) is 13.0. The van der Waals surface area contributed by atoms with Gasteiger partial charge in [-0.25, -0.2) is 9.38 Å². The summed E-state index contributed by atoms with van der Waals surface area (Å²) in [5, 5.41) is 2.78. The van der Waals surface area contributed by atoms with Crippen LogP contribution in [0.15, 0.2) is 53.5 Å². The first-order chi connectivity index (χ1) is 10.7. The van der Waals surface area contributed by atoms with Gasteiger partial charge in [0.15, 0.2) is 0 Å². The van der Waals surface area contributed by atoms with Gasteiger partial charge in [0.25, 0.3) is 0 Å². The summed E-state index contributed by atoms with van der Waals surface area (Å²) in [6.07, 6.45) is 0.651. The molecule has 0 unspecified atom stereocenters. The molecule has 1 fully saturated rings. The van der Waals surface area contributed by atoms with Crippen LogP contribution in [0.25, 0.3) is 0 Å². The first-order valence-corrected chi connectivity index (χ1v) is 7.20. The highest BCUT2D eigenvalue weighted by Gasteiger charge is 2.40. The van der Waals surface area contributed by atoms with Gasteiger partial charge in [0.05, 0.1) is 0 Å². The summed E-state index contributed by atoms with van der Waals surface area (Å²) >= 11 is 0. The van der Waals surface area contributed by atoms with Gasteiger partial charge in [-0.2, -0.15) is 0 Å². The maximum atomic E-state index is 13.8. The fraction of sp³-hybridized carbons (Fsp3) is 0.176. The Morgan fingerprint density at radius 2 is 1.82 bits per heavy atom. The molecule has 4 nitrogen and oxygen atoms in total. The Kier molecular flexibility index (Phi) is 2.92. The molecule has 0 spiro atoms. The molecule has 4 rings (SSSR count). The van der Waals surface area contributed by atoms with Gasteiger partial charge in [0, 0.05) is 13.0 Å². The molecular weight excluding hydrogens is 281 g/mol. The van der Waals surface area contributed by atoms with Gasteiger partial charge in [0.1, 0.15) is 17.5 Å². The summed E-state index contributed by atoms with van der Waals surface area (Å²) in [6.45, 7) is 0.604. The molecule has 1 atom stereocenters. The van der Waals surface area contributed by atoms with Crippen LogP contribution in [0.2, 0.25) is 0 Å². The van der Waals surface area contributed by atoms with E-state index >= 15 is 0 Å². The second-order valence-electron chi connectivity index (χ2n) is 5.49. The normalized spacial score (nSPS) is 21.5. The molecule has 1 amide bonds. The van der Waals surface area contributed by atoms with Crippen LogP contribution < -0.4 is 5.32 Å². The van der Waals surface area contributed by atoms with E-state index in [1.165, 1.54) is 17.2 Å². The average molecular weight is 295 g/mol. The zero-order chi connectivity index (χ0) is 15.1. The lowest BCUT2D eigenvalue weighted by atomic mass is 9.95. The van der Waals surface area contributed by atoms with Crippen LogP contribution in [0.4, 0.5) is 10.1 Å². The van der Waals surface area contributed by atoms with Gasteiger partial charge >= 0.3 is 0 Å². The van der Waals surface area contributed by atoms with E-state index in [0.29, 0.717) is 18.9 Å². The highest BCUT2D eigenvalue weighted by molar-refractivity contribution is 6.07. The Hall–Kier alpha value is -2.69. The number of para-hydroxylation sites is 1. The van der Waals surface area contributed by atoms with Crippen LogP contribution in [0.1, 0.15) is 11.1 Å². The number of hydrogen-bond donors (Lipinski definition) is 1. The SMILES string of the molecule is O=C1NC(=Nc2ccccc2F)N2Cc3ccccc3C[C@H]12. The molecule has 110 valence electrons. The van der Waals surface area contributed by atoms with Gasteiger partial charge in [-0.3, -0.25) is 10.1 Å². The lowest BCUT2D eigenvalue weighted by molar-refractivity contribution is -0.121. The number of carbonyl (C=O) groups is 1. The number of hydrogen-bond acceptors (Lipinski definition) is 2. The predicted molar refractivity (Wildman–Crippen MR) is 81.1 cm³/mol. The number of aliphatic imine (C=N–C) groups is 1. The Balaban J connectivity index is 1.72. The molecule has 22 heavy (non-hydrogen) atoms. The Bertz CT molecular complexity index is 787. The number of benzene rings is 2. The molecule has 0 saturated carbocycles. The zero-order valence-electron chi connectivity index (χ0n) is 11.8. The van der Waals surface area contributed by atoms with Gasteiger partial charge in [-0.05, 0) is 23.3 Å². The Morgan fingerprint density at radius 3 is 2.64 bits per heavy atom. The van der Waals surface area contributed by atoms with Gasteiger partial charge in [0.2, 0.25) is 11.9 Å². The van der Waals surface area contributed by atoms with Crippen molar-refractivity contribution in [1.29, 1.82) is 0 Å². The molecule has 2 aliphatic rings. The average Bonchev–Trinajstić information content (AvgIpc) is 2.83. The Labute approximate surface area is 127 Å². The molecule has 2 aliphatic heterocycles. The van der Waals surface area contributed by atoms with Crippen LogP contribution in [-0.4, -0.2) is 22.8 Å². The maximum Gasteiger partial charge on any atom is 0.249 e. The molecule has 1 N–H and O–H groups in total. The molecule has 2 aromatic carbocycles. The van der Waals surface area contributed by atoms with Crippen molar-refractivity contribution < 1.29 is 9.18 Å². The molecule has 5 heteroatoms. The highest BCUT2D eigenvalue weighted by atomic mass is 19.1. The second-order valence-corrected chi connectivity index (χ2v) is 5.49. The van der Waals surface area contributed by atoms with Gasteiger partial charge < -0.3 is 4.90 Å². The number of amides is 1. The third-order valence-electron chi connectivity index (χ3n) is 4.14. The quantitative estimate of drug-likeness (QED) is 0.878. The van der Waals surface area contributed by atoms with E-state index in [-0.39, 0.29) is 17.6 Å². The highest BCUT2D eigenvalue weighted by Crippen LogP contribution is 2.27. The minimum atomic E-state index is -0.398. The summed E-state index contributed by atoms with van der Waals surface area (Å²) in [6, 6.07) is 14.1.